The van der Waals surface area contributed by atoms with E-state index in [1.54, 1.807) is 31.2 Å². The highest BCUT2D eigenvalue weighted by atomic mass is 35.5. The highest BCUT2D eigenvalue weighted by Crippen LogP contribution is 2.32. The molecule has 1 aromatic rings. The number of hydrogen-bond donors (Lipinski definition) is 0. The van der Waals surface area contributed by atoms with Crippen LogP contribution in [0.15, 0.2) is 24.3 Å². The van der Waals surface area contributed by atoms with Crippen molar-refractivity contribution in [1.29, 1.82) is 0 Å². The summed E-state index contributed by atoms with van der Waals surface area (Å²) in [7, 11) is 0. The van der Waals surface area contributed by atoms with Crippen LogP contribution in [0.5, 0.6) is 0 Å². The summed E-state index contributed by atoms with van der Waals surface area (Å²) in [5.74, 6) is 0.652. The Morgan fingerprint density at radius 1 is 0.875 bits per heavy atom. The molecule has 1 aromatic carbocycles. The van der Waals surface area contributed by atoms with Gasteiger partial charge in [0.1, 0.15) is 0 Å². The highest BCUT2D eigenvalue weighted by Gasteiger charge is 2.40. The van der Waals surface area contributed by atoms with Crippen molar-refractivity contribution in [2.75, 3.05) is 52.4 Å². The Bertz CT molecular complexity index is 841. The fourth-order valence-electron chi connectivity index (χ4n) is 5.37. The van der Waals surface area contributed by atoms with Crippen molar-refractivity contribution in [3.05, 3.63) is 34.9 Å². The van der Waals surface area contributed by atoms with Crippen LogP contribution in [0.3, 0.4) is 0 Å². The zero-order chi connectivity index (χ0) is 22.7. The highest BCUT2D eigenvalue weighted by molar-refractivity contribution is 6.30. The molecule has 3 fully saturated rings. The molecule has 1 saturated carbocycles. The molecule has 0 bridgehead atoms. The predicted octanol–water partition coefficient (Wildman–Crippen LogP) is 2.35. The topological polar surface area (TPSA) is 64.2 Å². The van der Waals surface area contributed by atoms with Gasteiger partial charge in [-0.05, 0) is 37.0 Å². The monoisotopic (exact) mass is 460 g/mol. The molecule has 7 nitrogen and oxygen atoms in total. The van der Waals surface area contributed by atoms with Crippen LogP contribution in [0.1, 0.15) is 43.0 Å². The second-order valence-corrected chi connectivity index (χ2v) is 9.60. The Balaban J connectivity index is 1.40. The lowest BCUT2D eigenvalue weighted by atomic mass is 9.94. The van der Waals surface area contributed by atoms with Gasteiger partial charge in [0.05, 0.1) is 6.04 Å². The molecule has 2 heterocycles. The standard InChI is InChI=1S/C24H33ClN4O3/c1-18(30)26-9-13-29(14-10-26)24(32)22(19-5-2-3-6-19)27-11-15-28(16-12-27)23(31)20-7-4-8-21(25)17-20/h4,7-8,17,19,22H,2-3,5-6,9-16H2,1H3/t22-/m0/s1. The third-order valence-corrected chi connectivity index (χ3v) is 7.44. The minimum absolute atomic E-state index is 0.00347. The fourth-order valence-corrected chi connectivity index (χ4v) is 5.56. The molecule has 0 radical (unpaired) electrons. The minimum Gasteiger partial charge on any atom is -0.339 e. The molecule has 1 aliphatic carbocycles. The average Bonchev–Trinajstić information content (AvgIpc) is 3.33. The Labute approximate surface area is 195 Å². The van der Waals surface area contributed by atoms with E-state index in [9.17, 15) is 14.4 Å². The summed E-state index contributed by atoms with van der Waals surface area (Å²) in [5, 5.41) is 0.561. The first kappa shape index (κ1) is 23.1. The van der Waals surface area contributed by atoms with Gasteiger partial charge in [-0.15, -0.1) is 0 Å². The van der Waals surface area contributed by atoms with Gasteiger partial charge in [0, 0.05) is 69.9 Å². The lowest BCUT2D eigenvalue weighted by molar-refractivity contribution is -0.144. The van der Waals surface area contributed by atoms with Crippen molar-refractivity contribution >= 4 is 29.3 Å². The number of halogens is 1. The summed E-state index contributed by atoms with van der Waals surface area (Å²) in [6.07, 6.45) is 4.54. The molecule has 4 rings (SSSR count). The molecule has 0 N–H and O–H groups in total. The minimum atomic E-state index is -0.121. The fraction of sp³-hybridized carbons (Fsp3) is 0.625. The van der Waals surface area contributed by atoms with Crippen molar-refractivity contribution in [3.63, 3.8) is 0 Å². The van der Waals surface area contributed by atoms with Gasteiger partial charge < -0.3 is 14.7 Å². The Kier molecular flexibility index (Phi) is 7.36. The average molecular weight is 461 g/mol. The number of hydrogen-bond acceptors (Lipinski definition) is 4. The summed E-state index contributed by atoms with van der Waals surface area (Å²) in [6.45, 7) is 6.65. The van der Waals surface area contributed by atoms with Gasteiger partial charge in [0.25, 0.3) is 5.91 Å². The molecule has 2 saturated heterocycles. The van der Waals surface area contributed by atoms with Crippen LogP contribution in [-0.2, 0) is 9.59 Å². The molecular weight excluding hydrogens is 428 g/mol. The lowest BCUT2D eigenvalue weighted by Crippen LogP contribution is -2.60. The molecule has 174 valence electrons. The zero-order valence-corrected chi connectivity index (χ0v) is 19.6. The molecule has 3 amide bonds. The summed E-state index contributed by atoms with van der Waals surface area (Å²) in [6, 6.07) is 6.95. The first-order chi connectivity index (χ1) is 15.4. The quantitative estimate of drug-likeness (QED) is 0.691. The van der Waals surface area contributed by atoms with Crippen LogP contribution in [0.2, 0.25) is 5.02 Å². The lowest BCUT2D eigenvalue weighted by Gasteiger charge is -2.44. The van der Waals surface area contributed by atoms with E-state index in [0.717, 1.165) is 12.8 Å². The second-order valence-electron chi connectivity index (χ2n) is 9.16. The van der Waals surface area contributed by atoms with Crippen LogP contribution in [0.4, 0.5) is 0 Å². The summed E-state index contributed by atoms with van der Waals surface area (Å²) < 4.78 is 0. The number of piperazine rings is 2. The zero-order valence-electron chi connectivity index (χ0n) is 18.8. The normalized spacial score (nSPS) is 21.6. The number of rotatable bonds is 4. The SMILES string of the molecule is CC(=O)N1CCN(C(=O)[C@H](C2CCCC2)N2CCN(C(=O)c3cccc(Cl)c3)CC2)CC1. The third-order valence-electron chi connectivity index (χ3n) is 7.20. The molecule has 0 spiro atoms. The molecular formula is C24H33ClN4O3. The molecule has 32 heavy (non-hydrogen) atoms. The van der Waals surface area contributed by atoms with Crippen molar-refractivity contribution in [2.45, 2.75) is 38.6 Å². The maximum atomic E-state index is 13.6. The number of amides is 3. The van der Waals surface area contributed by atoms with E-state index in [0.29, 0.717) is 68.9 Å². The second kappa shape index (κ2) is 10.2. The third kappa shape index (κ3) is 5.09. The molecule has 8 heteroatoms. The van der Waals surface area contributed by atoms with E-state index in [-0.39, 0.29) is 23.8 Å². The number of carbonyl (C=O) groups excluding carboxylic acids is 3. The Morgan fingerprint density at radius 2 is 1.47 bits per heavy atom. The van der Waals surface area contributed by atoms with Crippen molar-refractivity contribution in [3.8, 4) is 0 Å². The Morgan fingerprint density at radius 3 is 2.06 bits per heavy atom. The smallest absolute Gasteiger partial charge is 0.253 e. The van der Waals surface area contributed by atoms with Crippen molar-refractivity contribution < 1.29 is 14.4 Å². The van der Waals surface area contributed by atoms with E-state index in [4.69, 9.17) is 11.6 Å². The van der Waals surface area contributed by atoms with Crippen LogP contribution in [0.25, 0.3) is 0 Å². The number of benzene rings is 1. The van der Waals surface area contributed by atoms with Crippen LogP contribution in [-0.4, -0.2) is 95.7 Å². The van der Waals surface area contributed by atoms with E-state index >= 15 is 0 Å². The molecule has 0 aromatic heterocycles. The maximum absolute atomic E-state index is 13.6. The molecule has 0 unspecified atom stereocenters. The first-order valence-electron chi connectivity index (χ1n) is 11.8. The van der Waals surface area contributed by atoms with Gasteiger partial charge in [-0.3, -0.25) is 19.3 Å². The van der Waals surface area contributed by atoms with Gasteiger partial charge in [-0.25, -0.2) is 0 Å². The van der Waals surface area contributed by atoms with Gasteiger partial charge in [0.15, 0.2) is 0 Å². The van der Waals surface area contributed by atoms with Crippen molar-refractivity contribution in [2.24, 2.45) is 5.92 Å². The van der Waals surface area contributed by atoms with Gasteiger partial charge in [-0.1, -0.05) is 30.5 Å². The predicted molar refractivity (Wildman–Crippen MR) is 124 cm³/mol. The summed E-state index contributed by atoms with van der Waals surface area (Å²) in [4.78, 5) is 46.1. The Hall–Kier alpha value is -2.12. The molecule has 2 aliphatic heterocycles. The van der Waals surface area contributed by atoms with Gasteiger partial charge in [0.2, 0.25) is 11.8 Å². The molecule has 3 aliphatic rings. The number of nitrogens with zero attached hydrogens (tertiary/aromatic N) is 4. The molecule has 1 atom stereocenters. The van der Waals surface area contributed by atoms with E-state index in [1.165, 1.54) is 12.8 Å². The van der Waals surface area contributed by atoms with Gasteiger partial charge >= 0.3 is 0 Å². The van der Waals surface area contributed by atoms with E-state index < -0.39 is 0 Å². The van der Waals surface area contributed by atoms with Gasteiger partial charge in [-0.2, -0.15) is 0 Å². The summed E-state index contributed by atoms with van der Waals surface area (Å²) >= 11 is 6.06. The van der Waals surface area contributed by atoms with E-state index in [1.807, 2.05) is 14.7 Å². The first-order valence-corrected chi connectivity index (χ1v) is 12.1. The number of carbonyl (C=O) groups is 3. The van der Waals surface area contributed by atoms with Crippen LogP contribution < -0.4 is 0 Å². The van der Waals surface area contributed by atoms with E-state index in [2.05, 4.69) is 4.90 Å². The van der Waals surface area contributed by atoms with Crippen LogP contribution in [0, 0.1) is 5.92 Å². The maximum Gasteiger partial charge on any atom is 0.253 e. The largest absolute Gasteiger partial charge is 0.339 e. The summed E-state index contributed by atoms with van der Waals surface area (Å²) in [5.41, 5.74) is 0.609. The van der Waals surface area contributed by atoms with Crippen molar-refractivity contribution in [1.82, 2.24) is 19.6 Å². The van der Waals surface area contributed by atoms with Crippen LogP contribution >= 0.6 is 11.6 Å².